The molecule has 1 aromatic rings. The Kier molecular flexibility index (Phi) is 6.17. The number of anilines is 1. The van der Waals surface area contributed by atoms with Gasteiger partial charge in [-0.2, -0.15) is 0 Å². The van der Waals surface area contributed by atoms with E-state index in [1.165, 1.54) is 0 Å². The van der Waals surface area contributed by atoms with E-state index in [1.807, 2.05) is 18.2 Å². The van der Waals surface area contributed by atoms with Crippen molar-refractivity contribution < 1.29 is 28.6 Å². The maximum atomic E-state index is 12.4. The fraction of sp³-hybridized carbons (Fsp3) is 0.471. The molecule has 1 unspecified atom stereocenters. The lowest BCUT2D eigenvalue weighted by Crippen LogP contribution is -2.57. The summed E-state index contributed by atoms with van der Waals surface area (Å²) in [5.41, 5.74) is 0.720. The largest absolute Gasteiger partial charge is 0.465 e. The summed E-state index contributed by atoms with van der Waals surface area (Å²) >= 11 is 0. The number of nitrogens with zero attached hydrogens (tertiary/aromatic N) is 1. The van der Waals surface area contributed by atoms with Crippen molar-refractivity contribution in [2.24, 2.45) is 5.92 Å². The van der Waals surface area contributed by atoms with Crippen molar-refractivity contribution in [3.63, 3.8) is 0 Å². The Morgan fingerprint density at radius 2 is 1.75 bits per heavy atom. The van der Waals surface area contributed by atoms with Gasteiger partial charge in [0, 0.05) is 5.69 Å². The van der Waals surface area contributed by atoms with E-state index >= 15 is 0 Å². The molecule has 2 rings (SSSR count). The summed E-state index contributed by atoms with van der Waals surface area (Å²) < 4.78 is 15.0. The van der Waals surface area contributed by atoms with Crippen LogP contribution in [0.15, 0.2) is 30.3 Å². The number of hydrogen-bond donors (Lipinski definition) is 0. The molecule has 0 amide bonds. The molecule has 1 aliphatic heterocycles. The lowest BCUT2D eigenvalue weighted by molar-refractivity contribution is -0.169. The zero-order valence-electron chi connectivity index (χ0n) is 13.8. The molecule has 24 heavy (non-hydrogen) atoms. The summed E-state index contributed by atoms with van der Waals surface area (Å²) in [5.74, 6) is -3.62. The van der Waals surface area contributed by atoms with Crippen molar-refractivity contribution in [2.75, 3.05) is 31.3 Å². The fourth-order valence-corrected chi connectivity index (χ4v) is 2.64. The first kappa shape index (κ1) is 17.8. The molecule has 130 valence electrons. The third-order valence-corrected chi connectivity index (χ3v) is 3.64. The number of esters is 3. The van der Waals surface area contributed by atoms with Crippen molar-refractivity contribution in [3.8, 4) is 0 Å². The van der Waals surface area contributed by atoms with Gasteiger partial charge in [-0.05, 0) is 26.0 Å². The van der Waals surface area contributed by atoms with E-state index < -0.39 is 29.9 Å². The van der Waals surface area contributed by atoms with Gasteiger partial charge >= 0.3 is 17.9 Å². The molecule has 0 radical (unpaired) electrons. The van der Waals surface area contributed by atoms with E-state index in [1.54, 1.807) is 30.9 Å². The zero-order chi connectivity index (χ0) is 17.5. The van der Waals surface area contributed by atoms with Gasteiger partial charge in [-0.25, -0.2) is 4.79 Å². The van der Waals surface area contributed by atoms with E-state index in [2.05, 4.69) is 0 Å². The molecule has 0 aromatic heterocycles. The summed E-state index contributed by atoms with van der Waals surface area (Å²) in [6, 6.07) is 7.97. The van der Waals surface area contributed by atoms with Crippen LogP contribution in [0.2, 0.25) is 0 Å². The number of rotatable bonds is 6. The number of cyclic esters (lactones) is 1. The molecule has 1 saturated heterocycles. The van der Waals surface area contributed by atoms with Gasteiger partial charge in [-0.3, -0.25) is 9.59 Å². The topological polar surface area (TPSA) is 82.1 Å². The number of carbonyl (C=O) groups excluding carboxylic acids is 3. The molecule has 0 saturated carbocycles. The minimum absolute atomic E-state index is 0.0991. The molecule has 0 N–H and O–H groups in total. The van der Waals surface area contributed by atoms with Crippen LogP contribution >= 0.6 is 0 Å². The molecule has 7 heteroatoms. The van der Waals surface area contributed by atoms with Crippen LogP contribution in [-0.2, 0) is 28.6 Å². The third kappa shape index (κ3) is 3.84. The quantitative estimate of drug-likeness (QED) is 0.438. The van der Waals surface area contributed by atoms with Crippen LogP contribution in [0.1, 0.15) is 13.8 Å². The Morgan fingerprint density at radius 3 is 2.29 bits per heavy atom. The van der Waals surface area contributed by atoms with Gasteiger partial charge in [0.25, 0.3) is 0 Å². The zero-order valence-corrected chi connectivity index (χ0v) is 13.8. The van der Waals surface area contributed by atoms with Gasteiger partial charge < -0.3 is 19.1 Å². The smallest absolute Gasteiger partial charge is 0.330 e. The highest BCUT2D eigenvalue weighted by atomic mass is 16.6. The van der Waals surface area contributed by atoms with E-state index in [4.69, 9.17) is 14.2 Å². The molecular weight excluding hydrogens is 314 g/mol. The van der Waals surface area contributed by atoms with Gasteiger partial charge in [0.1, 0.15) is 6.61 Å². The minimum Gasteiger partial charge on any atom is -0.465 e. The molecule has 0 aliphatic carbocycles. The van der Waals surface area contributed by atoms with Crippen LogP contribution < -0.4 is 4.90 Å². The molecule has 1 aliphatic rings. The number of hydrogen-bond acceptors (Lipinski definition) is 7. The van der Waals surface area contributed by atoms with Gasteiger partial charge in [0.05, 0.1) is 19.8 Å². The Bertz CT molecular complexity index is 570. The second kappa shape index (κ2) is 8.33. The second-order valence-corrected chi connectivity index (χ2v) is 5.12. The molecule has 1 heterocycles. The summed E-state index contributed by atoms with van der Waals surface area (Å²) in [4.78, 5) is 38.7. The molecule has 1 fully saturated rings. The molecule has 1 atom stereocenters. The standard InChI is InChI=1S/C17H21NO6/c1-3-22-15(19)13(16(20)23-4-2)14-17(21)24-11-10-18(14)12-8-6-5-7-9-12/h5-9,13-14H,3-4,10-11H2,1-2H3. The maximum Gasteiger partial charge on any atom is 0.330 e. The van der Waals surface area contributed by atoms with Gasteiger partial charge in [-0.1, -0.05) is 18.2 Å². The fourth-order valence-electron chi connectivity index (χ4n) is 2.64. The Labute approximate surface area is 140 Å². The van der Waals surface area contributed by atoms with Crippen LogP contribution in [0.4, 0.5) is 5.69 Å². The maximum absolute atomic E-state index is 12.4. The number of morpholine rings is 1. The van der Waals surface area contributed by atoms with Crippen molar-refractivity contribution in [1.82, 2.24) is 0 Å². The normalized spacial score (nSPS) is 17.4. The van der Waals surface area contributed by atoms with Crippen molar-refractivity contribution >= 4 is 23.6 Å². The van der Waals surface area contributed by atoms with Crippen molar-refractivity contribution in [2.45, 2.75) is 19.9 Å². The Balaban J connectivity index is 2.39. The summed E-state index contributed by atoms with van der Waals surface area (Å²) in [5, 5.41) is 0. The van der Waals surface area contributed by atoms with Crippen LogP contribution in [0.25, 0.3) is 0 Å². The lowest BCUT2D eigenvalue weighted by Gasteiger charge is -2.38. The van der Waals surface area contributed by atoms with E-state index in [9.17, 15) is 14.4 Å². The number of ether oxygens (including phenoxy) is 3. The predicted octanol–water partition coefficient (Wildman–Crippen LogP) is 1.16. The summed E-state index contributed by atoms with van der Waals surface area (Å²) in [6.07, 6.45) is 0. The number of benzene rings is 1. The first-order chi connectivity index (χ1) is 11.6. The van der Waals surface area contributed by atoms with Crippen molar-refractivity contribution in [3.05, 3.63) is 30.3 Å². The first-order valence-electron chi connectivity index (χ1n) is 7.91. The van der Waals surface area contributed by atoms with Crippen molar-refractivity contribution in [1.29, 1.82) is 0 Å². The van der Waals surface area contributed by atoms with E-state index in [0.29, 0.717) is 6.54 Å². The molecule has 0 spiro atoms. The van der Waals surface area contributed by atoms with Crippen LogP contribution in [0.5, 0.6) is 0 Å². The molecule has 7 nitrogen and oxygen atoms in total. The van der Waals surface area contributed by atoms with Crippen LogP contribution in [0, 0.1) is 5.92 Å². The second-order valence-electron chi connectivity index (χ2n) is 5.12. The third-order valence-electron chi connectivity index (χ3n) is 3.64. The van der Waals surface area contributed by atoms with Gasteiger partial charge in [0.15, 0.2) is 12.0 Å². The van der Waals surface area contributed by atoms with E-state index in [-0.39, 0.29) is 19.8 Å². The highest BCUT2D eigenvalue weighted by Gasteiger charge is 2.47. The number of carbonyl (C=O) groups is 3. The monoisotopic (exact) mass is 335 g/mol. The Morgan fingerprint density at radius 1 is 1.17 bits per heavy atom. The molecule has 1 aromatic carbocycles. The Hall–Kier alpha value is -2.57. The first-order valence-corrected chi connectivity index (χ1v) is 7.91. The molecule has 0 bridgehead atoms. The highest BCUT2D eigenvalue weighted by Crippen LogP contribution is 2.26. The average Bonchev–Trinajstić information content (AvgIpc) is 2.58. The summed E-state index contributed by atoms with van der Waals surface area (Å²) in [6.45, 7) is 4.02. The highest BCUT2D eigenvalue weighted by molar-refractivity contribution is 6.02. The van der Waals surface area contributed by atoms with Crippen LogP contribution in [-0.4, -0.2) is 50.3 Å². The summed E-state index contributed by atoms with van der Waals surface area (Å²) in [7, 11) is 0. The molecular formula is C17H21NO6. The lowest BCUT2D eigenvalue weighted by atomic mass is 9.96. The average molecular weight is 335 g/mol. The van der Waals surface area contributed by atoms with E-state index in [0.717, 1.165) is 5.69 Å². The van der Waals surface area contributed by atoms with Gasteiger partial charge in [0.2, 0.25) is 0 Å². The minimum atomic E-state index is -1.39. The van der Waals surface area contributed by atoms with Crippen LogP contribution in [0.3, 0.4) is 0 Å². The number of para-hydroxylation sites is 1. The SMILES string of the molecule is CCOC(=O)C(C(=O)OCC)C1C(=O)OCCN1c1ccccc1. The predicted molar refractivity (Wildman–Crippen MR) is 85.3 cm³/mol. The van der Waals surface area contributed by atoms with Gasteiger partial charge in [-0.15, -0.1) is 0 Å².